The molecule has 1 aromatic rings. The smallest absolute Gasteiger partial charge is 0.150 e. The van der Waals surface area contributed by atoms with Gasteiger partial charge in [-0.05, 0) is 49.4 Å². The second-order valence-corrected chi connectivity index (χ2v) is 5.82. The molecule has 2 aliphatic rings. The van der Waals surface area contributed by atoms with E-state index in [1.165, 1.54) is 0 Å². The van der Waals surface area contributed by atoms with Crippen LogP contribution in [0.2, 0.25) is 0 Å². The number of aryl methyl sites for hydroxylation is 1. The first-order valence-corrected chi connectivity index (χ1v) is 7.13. The molecule has 2 saturated carbocycles. The van der Waals surface area contributed by atoms with Gasteiger partial charge in [-0.2, -0.15) is 0 Å². The highest BCUT2D eigenvalue weighted by Crippen LogP contribution is 2.44. The van der Waals surface area contributed by atoms with Gasteiger partial charge in [0.05, 0.1) is 9.47 Å². The van der Waals surface area contributed by atoms with Gasteiger partial charge >= 0.3 is 0 Å². The molecule has 0 spiro atoms. The fourth-order valence-electron chi connectivity index (χ4n) is 3.42. The third kappa shape index (κ3) is 2.01. The summed E-state index contributed by atoms with van der Waals surface area (Å²) in [5.41, 5.74) is 1.81. The zero-order valence-electron chi connectivity index (χ0n) is 10.9. The van der Waals surface area contributed by atoms with Crippen LogP contribution in [-0.4, -0.2) is 11.6 Å². The predicted molar refractivity (Wildman–Crippen MR) is 75.1 cm³/mol. The summed E-state index contributed by atoms with van der Waals surface area (Å²) in [5.74, 6) is 0.515. The molecule has 2 aliphatic carbocycles. The minimum Gasteiger partial charge on any atom is -0.480 e. The number of Topliss-reactive ketones (excluding diaryl/α,β-unsaturated/α-hetero) is 2. The van der Waals surface area contributed by atoms with E-state index in [4.69, 9.17) is 4.52 Å². The fraction of sp³-hybridized carbons (Fsp3) is 0.467. The lowest BCUT2D eigenvalue weighted by atomic mass is 9.74. The van der Waals surface area contributed by atoms with Crippen molar-refractivity contribution < 1.29 is 14.1 Å². The van der Waals surface area contributed by atoms with E-state index < -0.39 is 5.92 Å². The van der Waals surface area contributed by atoms with Gasteiger partial charge in [0, 0.05) is 11.8 Å². The Morgan fingerprint density at radius 1 is 1.16 bits per heavy atom. The molecule has 0 amide bonds. The Morgan fingerprint density at radius 2 is 1.79 bits per heavy atom. The zero-order chi connectivity index (χ0) is 13.6. The van der Waals surface area contributed by atoms with Crippen molar-refractivity contribution in [1.82, 2.24) is 0 Å². The standard InChI is InChI=1S/C15H17O3P/c1-8-2-5-11(18-19)7-12(8)13-14(16)9-3-4-10(6-9)15(13)17/h2,5,7,9-10,13H,3-4,6,19H2,1H3. The van der Waals surface area contributed by atoms with Gasteiger partial charge in [-0.1, -0.05) is 6.07 Å². The van der Waals surface area contributed by atoms with E-state index in [0.29, 0.717) is 5.75 Å². The molecule has 0 N–H and O–H groups in total. The van der Waals surface area contributed by atoms with E-state index in [2.05, 4.69) is 9.47 Å². The minimum atomic E-state index is -0.564. The Balaban J connectivity index is 2.05. The van der Waals surface area contributed by atoms with Gasteiger partial charge in [0.15, 0.2) is 11.6 Å². The van der Waals surface area contributed by atoms with Crippen LogP contribution in [0.4, 0.5) is 0 Å². The van der Waals surface area contributed by atoms with Gasteiger partial charge in [0.25, 0.3) is 0 Å². The molecule has 0 aromatic heterocycles. The van der Waals surface area contributed by atoms with Crippen molar-refractivity contribution in [2.45, 2.75) is 32.1 Å². The van der Waals surface area contributed by atoms with Crippen molar-refractivity contribution in [3.63, 3.8) is 0 Å². The minimum absolute atomic E-state index is 0.0904. The molecule has 0 saturated heterocycles. The van der Waals surface area contributed by atoms with E-state index in [1.807, 2.05) is 25.1 Å². The molecular weight excluding hydrogens is 259 g/mol. The second-order valence-electron chi connectivity index (χ2n) is 5.58. The third-order valence-electron chi connectivity index (χ3n) is 4.50. The average molecular weight is 276 g/mol. The normalized spacial score (nSPS) is 29.7. The van der Waals surface area contributed by atoms with Gasteiger partial charge in [-0.3, -0.25) is 9.59 Å². The van der Waals surface area contributed by atoms with Crippen molar-refractivity contribution in [3.8, 4) is 5.75 Å². The monoisotopic (exact) mass is 276 g/mol. The number of carbonyl (C=O) groups excluding carboxylic acids is 2. The molecule has 0 aliphatic heterocycles. The summed E-state index contributed by atoms with van der Waals surface area (Å²) in [4.78, 5) is 25.0. The van der Waals surface area contributed by atoms with E-state index in [-0.39, 0.29) is 23.4 Å². The van der Waals surface area contributed by atoms with Gasteiger partial charge in [0.1, 0.15) is 11.7 Å². The molecule has 3 nitrogen and oxygen atoms in total. The Hall–Kier alpha value is -1.21. The van der Waals surface area contributed by atoms with Crippen molar-refractivity contribution in [2.75, 3.05) is 0 Å². The van der Waals surface area contributed by atoms with Crippen LogP contribution in [-0.2, 0) is 9.59 Å². The van der Waals surface area contributed by atoms with Crippen LogP contribution in [0.5, 0.6) is 5.75 Å². The first-order valence-electron chi connectivity index (χ1n) is 6.66. The number of rotatable bonds is 2. The largest absolute Gasteiger partial charge is 0.480 e. The highest BCUT2D eigenvalue weighted by molar-refractivity contribution is 7.10. The summed E-state index contributed by atoms with van der Waals surface area (Å²) < 4.78 is 5.13. The summed E-state index contributed by atoms with van der Waals surface area (Å²) in [6.07, 6.45) is 2.53. The summed E-state index contributed by atoms with van der Waals surface area (Å²) in [6, 6.07) is 5.58. The van der Waals surface area contributed by atoms with E-state index in [9.17, 15) is 9.59 Å². The SMILES string of the molecule is Cc1ccc(OP)cc1C1C(=O)C2CCC(C2)C1=O. The first-order chi connectivity index (χ1) is 9.11. The Labute approximate surface area is 115 Å². The highest BCUT2D eigenvalue weighted by Gasteiger charge is 2.47. The highest BCUT2D eigenvalue weighted by atomic mass is 31.0. The lowest BCUT2D eigenvalue weighted by Gasteiger charge is -2.26. The van der Waals surface area contributed by atoms with Crippen LogP contribution in [0.1, 0.15) is 36.3 Å². The van der Waals surface area contributed by atoms with Crippen molar-refractivity contribution in [1.29, 1.82) is 0 Å². The third-order valence-corrected chi connectivity index (χ3v) is 4.78. The van der Waals surface area contributed by atoms with Crippen LogP contribution >= 0.6 is 9.47 Å². The summed E-state index contributed by atoms with van der Waals surface area (Å²) in [7, 11) is 2.19. The van der Waals surface area contributed by atoms with Crippen LogP contribution < -0.4 is 4.52 Å². The van der Waals surface area contributed by atoms with Crippen molar-refractivity contribution in [3.05, 3.63) is 29.3 Å². The molecule has 1 aromatic carbocycles. The predicted octanol–water partition coefficient (Wildman–Crippen LogP) is 2.82. The molecule has 3 unspecified atom stereocenters. The van der Waals surface area contributed by atoms with Crippen molar-refractivity contribution >= 4 is 21.0 Å². The zero-order valence-corrected chi connectivity index (χ0v) is 12.0. The van der Waals surface area contributed by atoms with Gasteiger partial charge in [-0.15, -0.1) is 0 Å². The van der Waals surface area contributed by atoms with E-state index in [0.717, 1.165) is 30.4 Å². The van der Waals surface area contributed by atoms with Gasteiger partial charge in [-0.25, -0.2) is 0 Å². The maximum atomic E-state index is 12.5. The molecular formula is C15H17O3P. The van der Waals surface area contributed by atoms with Crippen LogP contribution in [0, 0.1) is 18.8 Å². The molecule has 0 heterocycles. The molecule has 4 heteroatoms. The second kappa shape index (κ2) is 4.72. The van der Waals surface area contributed by atoms with Crippen LogP contribution in [0.25, 0.3) is 0 Å². The molecule has 2 bridgehead atoms. The Kier molecular flexibility index (Phi) is 3.18. The number of fused-ring (bicyclic) bond motifs is 2. The summed E-state index contributed by atoms with van der Waals surface area (Å²) in [6.45, 7) is 1.94. The Morgan fingerprint density at radius 3 is 2.37 bits per heavy atom. The first kappa shape index (κ1) is 12.8. The quantitative estimate of drug-likeness (QED) is 0.616. The van der Waals surface area contributed by atoms with Crippen molar-refractivity contribution in [2.24, 2.45) is 11.8 Å². The molecule has 100 valence electrons. The number of hydrogen-bond acceptors (Lipinski definition) is 3. The molecule has 2 fully saturated rings. The summed E-state index contributed by atoms with van der Waals surface area (Å²) >= 11 is 0. The van der Waals surface area contributed by atoms with Crippen LogP contribution in [0.3, 0.4) is 0 Å². The number of hydrogen-bond donors (Lipinski definition) is 0. The summed E-state index contributed by atoms with van der Waals surface area (Å²) in [5, 5.41) is 0. The molecule has 3 rings (SSSR count). The van der Waals surface area contributed by atoms with E-state index >= 15 is 0 Å². The average Bonchev–Trinajstić information content (AvgIpc) is 2.86. The molecule has 3 atom stereocenters. The molecule has 19 heavy (non-hydrogen) atoms. The number of carbonyl (C=O) groups is 2. The number of ketones is 2. The fourth-order valence-corrected chi connectivity index (χ4v) is 3.57. The Bertz CT molecular complexity index is 530. The maximum absolute atomic E-state index is 12.5. The van der Waals surface area contributed by atoms with Crippen LogP contribution in [0.15, 0.2) is 18.2 Å². The van der Waals surface area contributed by atoms with Gasteiger partial charge in [0.2, 0.25) is 0 Å². The maximum Gasteiger partial charge on any atom is 0.150 e. The topological polar surface area (TPSA) is 43.4 Å². The van der Waals surface area contributed by atoms with E-state index in [1.54, 1.807) is 0 Å². The molecule has 0 radical (unpaired) electrons. The lowest BCUT2D eigenvalue weighted by Crippen LogP contribution is -2.35. The van der Waals surface area contributed by atoms with Gasteiger partial charge < -0.3 is 4.52 Å². The lowest BCUT2D eigenvalue weighted by molar-refractivity contribution is -0.135. The number of benzene rings is 1.